The largest absolute Gasteiger partial charge is 0.313 e. The first-order chi connectivity index (χ1) is 6.27. The first-order valence-electron chi connectivity index (χ1n) is 4.70. The van der Waals surface area contributed by atoms with E-state index in [1.807, 2.05) is 13.1 Å². The van der Waals surface area contributed by atoms with Gasteiger partial charge >= 0.3 is 0 Å². The molecule has 0 saturated carbocycles. The van der Waals surface area contributed by atoms with Crippen LogP contribution in [0.25, 0.3) is 0 Å². The number of hydrogen-bond acceptors (Lipinski definition) is 1. The van der Waals surface area contributed by atoms with Gasteiger partial charge in [-0.05, 0) is 31.2 Å². The van der Waals surface area contributed by atoms with Crippen molar-refractivity contribution in [3.63, 3.8) is 0 Å². The molecule has 74 valence electrons. The predicted octanol–water partition coefficient (Wildman–Crippen LogP) is 3.13. The van der Waals surface area contributed by atoms with E-state index in [0.717, 1.165) is 18.4 Å². The van der Waals surface area contributed by atoms with Gasteiger partial charge in [-0.1, -0.05) is 25.5 Å². The highest BCUT2D eigenvalue weighted by Gasteiger charge is 2.07. The van der Waals surface area contributed by atoms with Gasteiger partial charge in [-0.2, -0.15) is 0 Å². The van der Waals surface area contributed by atoms with Crippen LogP contribution >= 0.6 is 0 Å². The van der Waals surface area contributed by atoms with Gasteiger partial charge < -0.3 is 5.32 Å². The van der Waals surface area contributed by atoms with Gasteiger partial charge in [-0.25, -0.2) is 4.39 Å². The second-order valence-electron chi connectivity index (χ2n) is 3.18. The first kappa shape index (κ1) is 10.2. The maximum atomic E-state index is 12.9. The Kier molecular flexibility index (Phi) is 3.90. The molecule has 0 aromatic heterocycles. The van der Waals surface area contributed by atoms with Crippen LogP contribution < -0.4 is 5.32 Å². The van der Waals surface area contributed by atoms with E-state index in [1.165, 1.54) is 6.07 Å². The number of rotatable bonds is 4. The molecular weight excluding hydrogens is 165 g/mol. The molecule has 1 N–H and O–H groups in total. The lowest BCUT2D eigenvalue weighted by atomic mass is 10.0. The summed E-state index contributed by atoms with van der Waals surface area (Å²) < 4.78 is 12.9. The van der Waals surface area contributed by atoms with Crippen LogP contribution in [0.3, 0.4) is 0 Å². The lowest BCUT2D eigenvalue weighted by Gasteiger charge is -2.15. The van der Waals surface area contributed by atoms with Crippen molar-refractivity contribution < 1.29 is 5.82 Å². The summed E-state index contributed by atoms with van der Waals surface area (Å²) in [5.41, 5.74) is 1.03. The standard InChI is InChI=1S/C11H16FN.H2/c1-3-5-11(13-2)9-6-4-7-10(12)8-9;/h4,6-8,11,13H,3,5H2,1-2H3;1H/t11-;/m1./s1. The van der Waals surface area contributed by atoms with E-state index in [1.54, 1.807) is 12.1 Å². The van der Waals surface area contributed by atoms with Crippen LogP contribution in [-0.4, -0.2) is 7.05 Å². The van der Waals surface area contributed by atoms with Crippen LogP contribution in [0.5, 0.6) is 0 Å². The Morgan fingerprint density at radius 2 is 2.31 bits per heavy atom. The predicted molar refractivity (Wildman–Crippen MR) is 55.2 cm³/mol. The summed E-state index contributed by atoms with van der Waals surface area (Å²) in [4.78, 5) is 0. The summed E-state index contributed by atoms with van der Waals surface area (Å²) >= 11 is 0. The Balaban J connectivity index is 0.00000169. The molecule has 13 heavy (non-hydrogen) atoms. The molecule has 1 atom stereocenters. The van der Waals surface area contributed by atoms with Gasteiger partial charge in [0.1, 0.15) is 5.82 Å². The van der Waals surface area contributed by atoms with Crippen molar-refractivity contribution in [3.05, 3.63) is 35.6 Å². The molecule has 1 rings (SSSR count). The molecule has 0 bridgehead atoms. The monoisotopic (exact) mass is 183 g/mol. The maximum Gasteiger partial charge on any atom is 0.123 e. The molecule has 0 saturated heterocycles. The summed E-state index contributed by atoms with van der Waals surface area (Å²) in [5.74, 6) is -0.158. The van der Waals surface area contributed by atoms with E-state index < -0.39 is 0 Å². The van der Waals surface area contributed by atoms with Crippen molar-refractivity contribution in [1.82, 2.24) is 5.32 Å². The third-order valence-corrected chi connectivity index (χ3v) is 2.18. The molecule has 0 fully saturated rings. The van der Waals surface area contributed by atoms with E-state index >= 15 is 0 Å². The summed E-state index contributed by atoms with van der Waals surface area (Å²) in [6.07, 6.45) is 2.14. The minimum absolute atomic E-state index is 0. The van der Waals surface area contributed by atoms with Crippen LogP contribution in [0.1, 0.15) is 32.8 Å². The molecule has 2 heteroatoms. The van der Waals surface area contributed by atoms with Crippen molar-refractivity contribution in [1.29, 1.82) is 0 Å². The Morgan fingerprint density at radius 1 is 1.54 bits per heavy atom. The van der Waals surface area contributed by atoms with Gasteiger partial charge in [0, 0.05) is 7.47 Å². The van der Waals surface area contributed by atoms with E-state index in [0.29, 0.717) is 0 Å². The van der Waals surface area contributed by atoms with Crippen LogP contribution in [0.15, 0.2) is 24.3 Å². The summed E-state index contributed by atoms with van der Waals surface area (Å²) in [5, 5.41) is 3.18. The van der Waals surface area contributed by atoms with E-state index in [-0.39, 0.29) is 13.3 Å². The molecule has 0 heterocycles. The van der Waals surface area contributed by atoms with Gasteiger partial charge in [-0.15, -0.1) is 0 Å². The smallest absolute Gasteiger partial charge is 0.123 e. The fourth-order valence-corrected chi connectivity index (χ4v) is 1.49. The molecule has 0 aliphatic rings. The molecule has 1 nitrogen and oxygen atoms in total. The highest BCUT2D eigenvalue weighted by atomic mass is 19.1. The average Bonchev–Trinajstić information content (AvgIpc) is 2.14. The van der Waals surface area contributed by atoms with E-state index in [9.17, 15) is 4.39 Å². The van der Waals surface area contributed by atoms with Crippen LogP contribution in [0.4, 0.5) is 4.39 Å². The van der Waals surface area contributed by atoms with Gasteiger partial charge in [-0.3, -0.25) is 0 Å². The molecule has 0 spiro atoms. The molecule has 0 amide bonds. The van der Waals surface area contributed by atoms with Gasteiger partial charge in [0.2, 0.25) is 0 Å². The first-order valence-corrected chi connectivity index (χ1v) is 4.70. The van der Waals surface area contributed by atoms with Crippen LogP contribution in [0, 0.1) is 5.82 Å². The Morgan fingerprint density at radius 3 is 2.85 bits per heavy atom. The molecule has 0 radical (unpaired) electrons. The number of nitrogens with one attached hydrogen (secondary N) is 1. The van der Waals surface area contributed by atoms with Gasteiger partial charge in [0.25, 0.3) is 0 Å². The topological polar surface area (TPSA) is 12.0 Å². The number of benzene rings is 1. The Labute approximate surface area is 80.5 Å². The highest BCUT2D eigenvalue weighted by molar-refractivity contribution is 5.19. The van der Waals surface area contributed by atoms with Gasteiger partial charge in [0.05, 0.1) is 0 Å². The molecule has 1 aromatic carbocycles. The highest BCUT2D eigenvalue weighted by Crippen LogP contribution is 2.18. The lowest BCUT2D eigenvalue weighted by molar-refractivity contribution is 0.535. The van der Waals surface area contributed by atoms with Crippen molar-refractivity contribution in [2.75, 3.05) is 7.05 Å². The second kappa shape index (κ2) is 4.97. The fourth-order valence-electron chi connectivity index (χ4n) is 1.49. The lowest BCUT2D eigenvalue weighted by Crippen LogP contribution is -2.15. The van der Waals surface area contributed by atoms with Crippen LogP contribution in [0.2, 0.25) is 0 Å². The second-order valence-corrected chi connectivity index (χ2v) is 3.18. The number of halogens is 1. The van der Waals surface area contributed by atoms with Crippen LogP contribution in [-0.2, 0) is 0 Å². The molecule has 0 aliphatic carbocycles. The summed E-state index contributed by atoms with van der Waals surface area (Å²) in [6, 6.07) is 7.06. The summed E-state index contributed by atoms with van der Waals surface area (Å²) in [7, 11) is 1.91. The number of hydrogen-bond donors (Lipinski definition) is 1. The minimum Gasteiger partial charge on any atom is -0.313 e. The average molecular weight is 183 g/mol. The minimum atomic E-state index is -0.158. The molecule has 1 aromatic rings. The van der Waals surface area contributed by atoms with E-state index in [2.05, 4.69) is 12.2 Å². The fraction of sp³-hybridized carbons (Fsp3) is 0.455. The van der Waals surface area contributed by atoms with Crippen molar-refractivity contribution >= 4 is 0 Å². The van der Waals surface area contributed by atoms with Gasteiger partial charge in [0.15, 0.2) is 0 Å². The zero-order chi connectivity index (χ0) is 9.68. The normalized spacial score (nSPS) is 12.8. The third kappa shape index (κ3) is 2.81. The molecular formula is C11H18FN. The summed E-state index contributed by atoms with van der Waals surface area (Å²) in [6.45, 7) is 2.13. The Bertz CT molecular complexity index is 265. The molecule has 0 aliphatic heterocycles. The zero-order valence-electron chi connectivity index (χ0n) is 8.18. The zero-order valence-corrected chi connectivity index (χ0v) is 8.18. The third-order valence-electron chi connectivity index (χ3n) is 2.18. The molecule has 0 unspecified atom stereocenters. The quantitative estimate of drug-likeness (QED) is 0.756. The van der Waals surface area contributed by atoms with Crippen molar-refractivity contribution in [2.45, 2.75) is 25.8 Å². The van der Waals surface area contributed by atoms with E-state index in [4.69, 9.17) is 0 Å². The van der Waals surface area contributed by atoms with Crippen molar-refractivity contribution in [3.8, 4) is 0 Å². The Hall–Kier alpha value is -0.890. The maximum absolute atomic E-state index is 12.9. The van der Waals surface area contributed by atoms with Crippen molar-refractivity contribution in [2.24, 2.45) is 0 Å². The SMILES string of the molecule is CCC[C@@H](NC)c1cccc(F)c1.[HH].